The number of rotatable bonds is 9. The van der Waals surface area contributed by atoms with Gasteiger partial charge in [-0.2, -0.15) is 5.26 Å². The molecule has 0 aliphatic carbocycles. The van der Waals surface area contributed by atoms with Gasteiger partial charge in [-0.3, -0.25) is 4.79 Å². The second kappa shape index (κ2) is 12.0. The molecule has 2 aromatic carbocycles. The molecule has 2 N–H and O–H groups in total. The minimum Gasteiger partial charge on any atom is -0.496 e. The summed E-state index contributed by atoms with van der Waals surface area (Å²) in [5.41, 5.74) is 3.60. The number of hydrogen-bond acceptors (Lipinski definition) is 7. The van der Waals surface area contributed by atoms with E-state index in [4.69, 9.17) is 9.47 Å². The van der Waals surface area contributed by atoms with Crippen molar-refractivity contribution in [3.8, 4) is 11.8 Å². The number of nitrogens with one attached hydrogen (secondary N) is 2. The van der Waals surface area contributed by atoms with E-state index in [1.54, 1.807) is 13.0 Å². The smallest absolute Gasteiger partial charge is 0.337 e. The van der Waals surface area contributed by atoms with Gasteiger partial charge in [-0.15, -0.1) is 0 Å². The fourth-order valence-electron chi connectivity index (χ4n) is 3.70. The maximum absolute atomic E-state index is 13.0. The fourth-order valence-corrected chi connectivity index (χ4v) is 4.59. The quantitative estimate of drug-likeness (QED) is 0.385. The SMILES string of the molecule is C=CCOC(=O)C1=C(C)NC(SCC(=O)Nc2ccc(C)cc2)=C(C#N)[C@@H]1c1ccccc1OC. The average Bonchev–Trinajstić information content (AvgIpc) is 2.86. The first kappa shape index (κ1) is 25.7. The standard InChI is InChI=1S/C27H27N3O4S/c1-5-14-34-27(32)24-18(3)29-26(35-16-23(31)30-19-12-10-17(2)11-13-19)21(15-28)25(24)20-8-6-7-9-22(20)33-4/h5-13,25,29H,1,14,16H2,2-4H3,(H,30,31)/t25-/m0/s1. The molecule has 7 nitrogen and oxygen atoms in total. The molecule has 2 aromatic rings. The largest absolute Gasteiger partial charge is 0.496 e. The Kier molecular flexibility index (Phi) is 8.76. The Labute approximate surface area is 209 Å². The van der Waals surface area contributed by atoms with Crippen LogP contribution in [0.2, 0.25) is 0 Å². The molecule has 0 radical (unpaired) electrons. The number of thioether (sulfide) groups is 1. The van der Waals surface area contributed by atoms with Crippen LogP contribution in [0.1, 0.15) is 24.0 Å². The van der Waals surface area contributed by atoms with Gasteiger partial charge in [0.05, 0.1) is 41.0 Å². The molecule has 1 atom stereocenters. The van der Waals surface area contributed by atoms with Crippen LogP contribution in [0.3, 0.4) is 0 Å². The van der Waals surface area contributed by atoms with Gasteiger partial charge >= 0.3 is 5.97 Å². The number of aryl methyl sites for hydroxylation is 1. The lowest BCUT2D eigenvalue weighted by molar-refractivity contribution is -0.138. The lowest BCUT2D eigenvalue weighted by Gasteiger charge is -2.30. The topological polar surface area (TPSA) is 100 Å². The Morgan fingerprint density at radius 1 is 1.20 bits per heavy atom. The van der Waals surface area contributed by atoms with Crippen LogP contribution < -0.4 is 15.4 Å². The van der Waals surface area contributed by atoms with Crippen LogP contribution in [0.4, 0.5) is 5.69 Å². The monoisotopic (exact) mass is 489 g/mol. The number of anilines is 1. The van der Waals surface area contributed by atoms with Crippen LogP contribution >= 0.6 is 11.8 Å². The molecule has 1 aliphatic rings. The molecule has 3 rings (SSSR count). The molecule has 0 aromatic heterocycles. The van der Waals surface area contributed by atoms with E-state index in [0.717, 1.165) is 5.56 Å². The van der Waals surface area contributed by atoms with E-state index in [1.807, 2.05) is 49.4 Å². The molecule has 0 fully saturated rings. The Morgan fingerprint density at radius 2 is 1.91 bits per heavy atom. The van der Waals surface area contributed by atoms with Gasteiger partial charge in [-0.1, -0.05) is 60.3 Å². The van der Waals surface area contributed by atoms with Gasteiger partial charge < -0.3 is 20.1 Å². The number of amides is 1. The van der Waals surface area contributed by atoms with E-state index < -0.39 is 11.9 Å². The second-order valence-electron chi connectivity index (χ2n) is 7.78. The van der Waals surface area contributed by atoms with Gasteiger partial charge in [0.25, 0.3) is 0 Å². The maximum atomic E-state index is 13.0. The van der Waals surface area contributed by atoms with Gasteiger partial charge in [-0.25, -0.2) is 4.79 Å². The highest BCUT2D eigenvalue weighted by Gasteiger charge is 2.37. The van der Waals surface area contributed by atoms with E-state index in [-0.39, 0.29) is 18.3 Å². The summed E-state index contributed by atoms with van der Waals surface area (Å²) in [6.07, 6.45) is 1.48. The van der Waals surface area contributed by atoms with Gasteiger partial charge in [0.15, 0.2) is 0 Å². The fraction of sp³-hybridized carbons (Fsp3) is 0.222. The summed E-state index contributed by atoms with van der Waals surface area (Å²) >= 11 is 1.20. The van der Waals surface area contributed by atoms with Crippen molar-refractivity contribution in [3.63, 3.8) is 0 Å². The van der Waals surface area contributed by atoms with Crippen molar-refractivity contribution in [3.05, 3.63) is 94.2 Å². The minimum absolute atomic E-state index is 0.0423. The van der Waals surface area contributed by atoms with Crippen molar-refractivity contribution in [1.29, 1.82) is 5.26 Å². The molecule has 0 saturated carbocycles. The minimum atomic E-state index is -0.725. The van der Waals surface area contributed by atoms with Crippen molar-refractivity contribution < 1.29 is 19.1 Å². The molecule has 0 unspecified atom stereocenters. The zero-order chi connectivity index (χ0) is 25.4. The first-order valence-corrected chi connectivity index (χ1v) is 11.9. The van der Waals surface area contributed by atoms with Crippen LogP contribution in [0.15, 0.2) is 83.1 Å². The van der Waals surface area contributed by atoms with Crippen molar-refractivity contribution in [2.24, 2.45) is 0 Å². The van der Waals surface area contributed by atoms with Crippen LogP contribution in [-0.2, 0) is 14.3 Å². The highest BCUT2D eigenvalue weighted by Crippen LogP contribution is 2.43. The zero-order valence-corrected chi connectivity index (χ0v) is 20.7. The third kappa shape index (κ3) is 6.14. The number of nitriles is 1. The van der Waals surface area contributed by atoms with Gasteiger partial charge in [0.2, 0.25) is 5.91 Å². The van der Waals surface area contributed by atoms with Crippen LogP contribution in [-0.4, -0.2) is 31.3 Å². The molecule has 1 aliphatic heterocycles. The maximum Gasteiger partial charge on any atom is 0.337 e. The summed E-state index contributed by atoms with van der Waals surface area (Å²) in [5.74, 6) is -0.881. The molecule has 8 heteroatoms. The molecular formula is C27H27N3O4S. The molecular weight excluding hydrogens is 462 g/mol. The van der Waals surface area contributed by atoms with Gasteiger partial charge in [0, 0.05) is 16.9 Å². The molecule has 1 heterocycles. The lowest BCUT2D eigenvalue weighted by Crippen LogP contribution is -2.29. The molecule has 0 bridgehead atoms. The van der Waals surface area contributed by atoms with Crippen molar-refractivity contribution in [1.82, 2.24) is 5.32 Å². The van der Waals surface area contributed by atoms with E-state index >= 15 is 0 Å². The van der Waals surface area contributed by atoms with Gasteiger partial charge in [-0.05, 0) is 32.0 Å². The zero-order valence-electron chi connectivity index (χ0n) is 19.9. The van der Waals surface area contributed by atoms with E-state index in [0.29, 0.717) is 38.9 Å². The number of ether oxygens (including phenoxy) is 2. The normalized spacial score (nSPS) is 15.1. The first-order valence-electron chi connectivity index (χ1n) is 10.9. The number of esters is 1. The predicted molar refractivity (Wildman–Crippen MR) is 138 cm³/mol. The Hall–Kier alpha value is -3.96. The van der Waals surface area contributed by atoms with Crippen molar-refractivity contribution >= 4 is 29.3 Å². The third-order valence-corrected chi connectivity index (χ3v) is 6.35. The third-order valence-electron chi connectivity index (χ3n) is 5.33. The number of carbonyl (C=O) groups excluding carboxylic acids is 2. The number of nitrogens with zero attached hydrogens (tertiary/aromatic N) is 1. The number of benzene rings is 2. The number of hydrogen-bond donors (Lipinski definition) is 2. The van der Waals surface area contributed by atoms with Crippen LogP contribution in [0.5, 0.6) is 5.75 Å². The van der Waals surface area contributed by atoms with Crippen LogP contribution in [0.25, 0.3) is 0 Å². The van der Waals surface area contributed by atoms with E-state index in [2.05, 4.69) is 23.3 Å². The second-order valence-corrected chi connectivity index (χ2v) is 8.77. The molecule has 35 heavy (non-hydrogen) atoms. The number of dihydropyridines is 1. The Morgan fingerprint density at radius 3 is 2.57 bits per heavy atom. The first-order chi connectivity index (χ1) is 16.9. The summed E-state index contributed by atoms with van der Waals surface area (Å²) in [7, 11) is 1.53. The Bertz CT molecular complexity index is 1230. The molecule has 0 spiro atoms. The summed E-state index contributed by atoms with van der Waals surface area (Å²) in [5, 5.41) is 16.6. The number of methoxy groups -OCH3 is 1. The average molecular weight is 490 g/mol. The summed E-state index contributed by atoms with van der Waals surface area (Å²) in [6.45, 7) is 7.35. The summed E-state index contributed by atoms with van der Waals surface area (Å²) < 4.78 is 10.9. The number of allylic oxidation sites excluding steroid dienone is 2. The summed E-state index contributed by atoms with van der Waals surface area (Å²) in [6, 6.07) is 17.0. The van der Waals surface area contributed by atoms with E-state index in [9.17, 15) is 14.9 Å². The highest BCUT2D eigenvalue weighted by molar-refractivity contribution is 8.03. The molecule has 0 saturated heterocycles. The Balaban J connectivity index is 1.93. The van der Waals surface area contributed by atoms with Crippen LogP contribution in [0, 0.1) is 18.3 Å². The molecule has 180 valence electrons. The predicted octanol–water partition coefficient (Wildman–Crippen LogP) is 4.80. The highest BCUT2D eigenvalue weighted by atomic mass is 32.2. The molecule has 1 amide bonds. The summed E-state index contributed by atoms with van der Waals surface area (Å²) in [4.78, 5) is 25.6. The van der Waals surface area contributed by atoms with Crippen molar-refractivity contribution in [2.45, 2.75) is 19.8 Å². The van der Waals surface area contributed by atoms with Gasteiger partial charge in [0.1, 0.15) is 12.4 Å². The van der Waals surface area contributed by atoms with E-state index in [1.165, 1.54) is 24.9 Å². The lowest BCUT2D eigenvalue weighted by atomic mass is 9.82. The van der Waals surface area contributed by atoms with Crippen molar-refractivity contribution in [2.75, 3.05) is 24.8 Å². The number of para-hydroxylation sites is 1. The number of carbonyl (C=O) groups is 2.